The normalized spacial score (nSPS) is 26.0. The molecule has 3 saturated heterocycles. The van der Waals surface area contributed by atoms with Crippen LogP contribution in [0.3, 0.4) is 0 Å². The lowest BCUT2D eigenvalue weighted by molar-refractivity contribution is 0.0620. The van der Waals surface area contributed by atoms with Gasteiger partial charge in [-0.3, -0.25) is 4.79 Å². The van der Waals surface area contributed by atoms with Gasteiger partial charge >= 0.3 is 6.08 Å². The largest absolute Gasteiger partial charge is 0.417 e. The van der Waals surface area contributed by atoms with Crippen molar-refractivity contribution in [2.45, 2.75) is 18.9 Å². The van der Waals surface area contributed by atoms with E-state index in [-0.39, 0.29) is 18.0 Å². The molecule has 23 heavy (non-hydrogen) atoms. The lowest BCUT2D eigenvalue weighted by atomic mass is 9.84. The fourth-order valence-corrected chi connectivity index (χ4v) is 3.42. The number of rotatable bonds is 4. The predicted octanol–water partition coefficient (Wildman–Crippen LogP) is 2.29. The molecule has 1 atom stereocenters. The van der Waals surface area contributed by atoms with Gasteiger partial charge in [-0.2, -0.15) is 4.98 Å². The summed E-state index contributed by atoms with van der Waals surface area (Å²) in [5.74, 6) is 1.19. The third-order valence-corrected chi connectivity index (χ3v) is 4.70. The number of benzene rings is 1. The molecule has 3 aliphatic heterocycles. The number of fused-ring (bicyclic) bond motifs is 3. The van der Waals surface area contributed by atoms with Crippen molar-refractivity contribution in [3.63, 3.8) is 0 Å². The summed E-state index contributed by atoms with van der Waals surface area (Å²) in [5, 5.41) is 3.18. The quantitative estimate of drug-likeness (QED) is 0.938. The van der Waals surface area contributed by atoms with Gasteiger partial charge in [-0.15, -0.1) is 0 Å². The molecule has 0 radical (unpaired) electrons. The third kappa shape index (κ3) is 3.07. The van der Waals surface area contributed by atoms with Crippen LogP contribution in [0.15, 0.2) is 41.1 Å². The molecule has 120 valence electrons. The van der Waals surface area contributed by atoms with E-state index in [1.807, 2.05) is 0 Å². The van der Waals surface area contributed by atoms with Gasteiger partial charge in [0.25, 0.3) is 5.91 Å². The van der Waals surface area contributed by atoms with Gasteiger partial charge in [0.15, 0.2) is 0 Å². The summed E-state index contributed by atoms with van der Waals surface area (Å²) in [5.41, 5.74) is 0.640. The summed E-state index contributed by atoms with van der Waals surface area (Å²) in [7, 11) is 0. The van der Waals surface area contributed by atoms with Gasteiger partial charge < -0.3 is 19.4 Å². The highest BCUT2D eigenvalue weighted by molar-refractivity contribution is 5.94. The van der Waals surface area contributed by atoms with Crippen molar-refractivity contribution in [3.05, 3.63) is 42.3 Å². The van der Waals surface area contributed by atoms with Gasteiger partial charge in [0.1, 0.15) is 12.0 Å². The first-order valence-electron chi connectivity index (χ1n) is 7.98. The molecule has 4 heterocycles. The first kappa shape index (κ1) is 14.3. The van der Waals surface area contributed by atoms with Crippen LogP contribution in [-0.4, -0.2) is 41.5 Å². The average molecular weight is 313 g/mol. The van der Waals surface area contributed by atoms with Crippen LogP contribution in [0.5, 0.6) is 11.8 Å². The summed E-state index contributed by atoms with van der Waals surface area (Å²) in [4.78, 5) is 18.7. The Morgan fingerprint density at radius 3 is 2.65 bits per heavy atom. The number of aromatic nitrogens is 1. The van der Waals surface area contributed by atoms with Crippen molar-refractivity contribution >= 4 is 5.91 Å². The number of oxazole rings is 1. The molecule has 3 fully saturated rings. The van der Waals surface area contributed by atoms with E-state index in [2.05, 4.69) is 15.2 Å². The van der Waals surface area contributed by atoms with Crippen LogP contribution in [0.2, 0.25) is 0 Å². The van der Waals surface area contributed by atoms with Crippen LogP contribution in [0.25, 0.3) is 0 Å². The highest BCUT2D eigenvalue weighted by Crippen LogP contribution is 2.27. The molecule has 2 aromatic rings. The van der Waals surface area contributed by atoms with E-state index in [4.69, 9.17) is 9.15 Å². The van der Waals surface area contributed by atoms with Crippen molar-refractivity contribution in [3.8, 4) is 11.8 Å². The summed E-state index contributed by atoms with van der Waals surface area (Å²) in [6, 6.07) is 7.28. The van der Waals surface area contributed by atoms with E-state index in [0.717, 1.165) is 6.54 Å². The molecule has 1 unspecified atom stereocenters. The number of nitrogens with zero attached hydrogens (tertiary/aromatic N) is 2. The lowest BCUT2D eigenvalue weighted by Gasteiger charge is -2.44. The highest BCUT2D eigenvalue weighted by atomic mass is 16.6. The van der Waals surface area contributed by atoms with E-state index in [1.165, 1.54) is 38.4 Å². The number of amides is 1. The van der Waals surface area contributed by atoms with Crippen LogP contribution < -0.4 is 10.1 Å². The van der Waals surface area contributed by atoms with Gasteiger partial charge in [-0.25, -0.2) is 0 Å². The van der Waals surface area contributed by atoms with E-state index in [9.17, 15) is 4.79 Å². The Balaban J connectivity index is 1.38. The predicted molar refractivity (Wildman–Crippen MR) is 83.4 cm³/mol. The lowest BCUT2D eigenvalue weighted by Crippen LogP contribution is -2.57. The zero-order valence-corrected chi connectivity index (χ0v) is 12.8. The Morgan fingerprint density at radius 1 is 1.26 bits per heavy atom. The number of hydrogen-bond donors (Lipinski definition) is 1. The Morgan fingerprint density at radius 2 is 2.04 bits per heavy atom. The van der Waals surface area contributed by atoms with Crippen LogP contribution in [-0.2, 0) is 0 Å². The molecule has 0 spiro atoms. The van der Waals surface area contributed by atoms with Crippen LogP contribution in [0.4, 0.5) is 0 Å². The maximum atomic E-state index is 12.4. The smallest absolute Gasteiger partial charge is 0.399 e. The molecule has 2 bridgehead atoms. The molecule has 1 aromatic heterocycles. The molecule has 6 heteroatoms. The highest BCUT2D eigenvalue weighted by Gasteiger charge is 2.34. The van der Waals surface area contributed by atoms with Crippen LogP contribution >= 0.6 is 0 Å². The number of nitrogens with one attached hydrogen (secondary N) is 1. The number of carbonyl (C=O) groups is 1. The topological polar surface area (TPSA) is 67.6 Å². The summed E-state index contributed by atoms with van der Waals surface area (Å²) < 4.78 is 10.5. The van der Waals surface area contributed by atoms with Crippen LogP contribution in [0, 0.1) is 5.92 Å². The van der Waals surface area contributed by atoms with Gasteiger partial charge in [-0.1, -0.05) is 0 Å². The molecule has 5 rings (SSSR count). The van der Waals surface area contributed by atoms with Crippen molar-refractivity contribution in [2.24, 2.45) is 5.92 Å². The molecule has 1 N–H and O–H groups in total. The maximum Gasteiger partial charge on any atom is 0.399 e. The molecular weight excluding hydrogens is 294 g/mol. The van der Waals surface area contributed by atoms with E-state index in [1.54, 1.807) is 24.3 Å². The Hall–Kier alpha value is -2.34. The Labute approximate surface area is 134 Å². The van der Waals surface area contributed by atoms with Crippen molar-refractivity contribution < 1.29 is 13.9 Å². The monoisotopic (exact) mass is 313 g/mol. The minimum atomic E-state index is -0.0218. The molecule has 0 saturated carbocycles. The molecule has 6 nitrogen and oxygen atoms in total. The zero-order chi connectivity index (χ0) is 15.6. The van der Waals surface area contributed by atoms with Crippen molar-refractivity contribution in [1.82, 2.24) is 15.2 Å². The minimum absolute atomic E-state index is 0.0218. The summed E-state index contributed by atoms with van der Waals surface area (Å²) >= 11 is 0. The summed E-state index contributed by atoms with van der Waals surface area (Å²) in [6.45, 7) is 3.32. The molecule has 3 aliphatic rings. The van der Waals surface area contributed by atoms with Crippen LogP contribution in [0.1, 0.15) is 23.2 Å². The van der Waals surface area contributed by atoms with Gasteiger partial charge in [0.2, 0.25) is 0 Å². The third-order valence-electron chi connectivity index (χ3n) is 4.70. The summed E-state index contributed by atoms with van der Waals surface area (Å²) in [6.07, 6.45) is 5.53. The second-order valence-corrected chi connectivity index (χ2v) is 6.14. The van der Waals surface area contributed by atoms with Crippen molar-refractivity contribution in [2.75, 3.05) is 19.6 Å². The standard InChI is InChI=1S/C17H19N3O3/c21-16(19-15-11-20-8-5-12(15)6-9-20)13-1-3-14(4-2-13)23-17-18-7-10-22-17/h1-4,7,10,12,15H,5-6,8-9,11H2,(H,19,21). The first-order valence-corrected chi connectivity index (χ1v) is 7.98. The number of piperidine rings is 3. The van der Waals surface area contributed by atoms with Gasteiger partial charge in [0.05, 0.1) is 6.20 Å². The fourth-order valence-electron chi connectivity index (χ4n) is 3.42. The first-order chi connectivity index (χ1) is 11.3. The van der Waals surface area contributed by atoms with Crippen molar-refractivity contribution in [1.29, 1.82) is 0 Å². The Bertz CT molecular complexity index is 661. The minimum Gasteiger partial charge on any atom is -0.417 e. The van der Waals surface area contributed by atoms with E-state index < -0.39 is 0 Å². The van der Waals surface area contributed by atoms with Gasteiger partial charge in [-0.05, 0) is 56.1 Å². The second-order valence-electron chi connectivity index (χ2n) is 6.14. The Kier molecular flexibility index (Phi) is 3.75. The van der Waals surface area contributed by atoms with E-state index in [0.29, 0.717) is 17.2 Å². The second kappa shape index (κ2) is 6.04. The average Bonchev–Trinajstić information content (AvgIpc) is 3.09. The molecule has 1 aromatic carbocycles. The molecule has 0 aliphatic carbocycles. The SMILES string of the molecule is O=C(NC1CN2CCC1CC2)c1ccc(Oc2ncco2)cc1. The maximum absolute atomic E-state index is 12.4. The molecular formula is C17H19N3O3. The number of hydrogen-bond acceptors (Lipinski definition) is 5. The fraction of sp³-hybridized carbons (Fsp3) is 0.412. The number of ether oxygens (including phenoxy) is 1. The molecule has 1 amide bonds. The zero-order valence-electron chi connectivity index (χ0n) is 12.8. The number of carbonyl (C=O) groups excluding carboxylic acids is 1. The van der Waals surface area contributed by atoms with E-state index >= 15 is 0 Å². The van der Waals surface area contributed by atoms with Gasteiger partial charge in [0, 0.05) is 18.2 Å².